The van der Waals surface area contributed by atoms with E-state index >= 15 is 0 Å². The molecule has 0 atom stereocenters. The number of nitrogens with zero attached hydrogens (tertiary/aromatic N) is 1. The Bertz CT molecular complexity index is 315. The van der Waals surface area contributed by atoms with Crippen LogP contribution in [0, 0.1) is 11.3 Å². The number of thiol groups is 1. The number of benzene rings is 1. The summed E-state index contributed by atoms with van der Waals surface area (Å²) in [6.45, 7) is 0. The summed E-state index contributed by atoms with van der Waals surface area (Å²) in [5, 5.41) is 8.36. The van der Waals surface area contributed by atoms with E-state index in [0.29, 0.717) is 12.1 Å². The van der Waals surface area contributed by atoms with E-state index < -0.39 is 0 Å². The van der Waals surface area contributed by atoms with Crippen molar-refractivity contribution in [1.29, 1.82) is 5.26 Å². The summed E-state index contributed by atoms with van der Waals surface area (Å²) in [4.78, 5) is 0.783. The third-order valence-electron chi connectivity index (χ3n) is 1.62. The van der Waals surface area contributed by atoms with E-state index in [1.165, 1.54) is 0 Å². The largest absolute Gasteiger partial charge is 0.398 e. The van der Waals surface area contributed by atoms with Crippen LogP contribution in [0.15, 0.2) is 23.1 Å². The topological polar surface area (TPSA) is 49.8 Å². The number of nitrogens with two attached hydrogens (primary N) is 1. The molecule has 0 amide bonds. The molecule has 3 heteroatoms. The van der Waals surface area contributed by atoms with Crippen molar-refractivity contribution >= 4 is 18.3 Å². The lowest BCUT2D eigenvalue weighted by molar-refractivity contribution is 1.01. The molecule has 1 aromatic rings. The maximum atomic E-state index is 8.36. The third kappa shape index (κ3) is 2.18. The molecule has 0 radical (unpaired) electrons. The van der Waals surface area contributed by atoms with Gasteiger partial charge < -0.3 is 5.73 Å². The minimum absolute atomic E-state index is 0.539. The SMILES string of the molecule is N#CCCc1ccc(N)c(S)c1. The van der Waals surface area contributed by atoms with Crippen molar-refractivity contribution in [2.75, 3.05) is 5.73 Å². The lowest BCUT2D eigenvalue weighted by Gasteiger charge is -2.01. The summed E-state index contributed by atoms with van der Waals surface area (Å²) < 4.78 is 0. The van der Waals surface area contributed by atoms with E-state index in [-0.39, 0.29) is 0 Å². The van der Waals surface area contributed by atoms with Crippen molar-refractivity contribution in [3.63, 3.8) is 0 Å². The summed E-state index contributed by atoms with van der Waals surface area (Å²) in [6, 6.07) is 7.73. The number of rotatable bonds is 2. The van der Waals surface area contributed by atoms with Crippen LogP contribution >= 0.6 is 12.6 Å². The number of aryl methyl sites for hydroxylation is 1. The first-order valence-corrected chi connectivity index (χ1v) is 4.13. The molecule has 62 valence electrons. The molecule has 2 nitrogen and oxygen atoms in total. The van der Waals surface area contributed by atoms with E-state index in [1.807, 2.05) is 18.2 Å². The molecular weight excluding hydrogens is 168 g/mol. The van der Waals surface area contributed by atoms with E-state index in [4.69, 9.17) is 11.0 Å². The Labute approximate surface area is 77.4 Å². The number of hydrogen-bond acceptors (Lipinski definition) is 3. The minimum atomic E-state index is 0.539. The van der Waals surface area contributed by atoms with Gasteiger partial charge in [-0.2, -0.15) is 5.26 Å². The molecule has 0 bridgehead atoms. The summed E-state index contributed by atoms with van der Waals surface area (Å²) in [5.41, 5.74) is 7.36. The van der Waals surface area contributed by atoms with Crippen LogP contribution in [0.5, 0.6) is 0 Å². The molecule has 0 aromatic heterocycles. The van der Waals surface area contributed by atoms with Gasteiger partial charge in [-0.15, -0.1) is 12.6 Å². The molecule has 1 aromatic carbocycles. The zero-order chi connectivity index (χ0) is 8.97. The van der Waals surface area contributed by atoms with Gasteiger partial charge in [0.15, 0.2) is 0 Å². The Morgan fingerprint density at radius 1 is 1.50 bits per heavy atom. The highest BCUT2D eigenvalue weighted by Crippen LogP contribution is 2.18. The van der Waals surface area contributed by atoms with Crippen molar-refractivity contribution in [2.24, 2.45) is 0 Å². The second-order valence-corrected chi connectivity index (χ2v) is 3.03. The molecule has 0 aliphatic rings. The monoisotopic (exact) mass is 178 g/mol. The van der Waals surface area contributed by atoms with Crippen LogP contribution in [0.1, 0.15) is 12.0 Å². The second-order valence-electron chi connectivity index (χ2n) is 2.55. The number of hydrogen-bond donors (Lipinski definition) is 2. The normalized spacial score (nSPS) is 9.33. The summed E-state index contributed by atoms with van der Waals surface area (Å²) in [7, 11) is 0. The molecule has 0 unspecified atom stereocenters. The number of anilines is 1. The van der Waals surface area contributed by atoms with Gasteiger partial charge >= 0.3 is 0 Å². The molecule has 0 saturated heterocycles. The van der Waals surface area contributed by atoms with E-state index in [0.717, 1.165) is 16.9 Å². The van der Waals surface area contributed by atoms with Gasteiger partial charge in [-0.05, 0) is 24.1 Å². The second kappa shape index (κ2) is 4.03. The lowest BCUT2D eigenvalue weighted by atomic mass is 10.1. The van der Waals surface area contributed by atoms with Gasteiger partial charge in [0.1, 0.15) is 0 Å². The maximum absolute atomic E-state index is 8.36. The summed E-state index contributed by atoms with van der Waals surface area (Å²) in [6.07, 6.45) is 1.31. The first kappa shape index (κ1) is 8.95. The third-order valence-corrected chi connectivity index (χ3v) is 2.01. The van der Waals surface area contributed by atoms with Crippen LogP contribution in [0.2, 0.25) is 0 Å². The van der Waals surface area contributed by atoms with Crippen molar-refractivity contribution in [2.45, 2.75) is 17.7 Å². The Morgan fingerprint density at radius 2 is 2.25 bits per heavy atom. The van der Waals surface area contributed by atoms with Crippen LogP contribution in [0.3, 0.4) is 0 Å². The Balaban J connectivity index is 2.77. The molecule has 0 heterocycles. The molecule has 1 rings (SSSR count). The van der Waals surface area contributed by atoms with Crippen LogP contribution in [0.25, 0.3) is 0 Å². The molecule has 0 aliphatic carbocycles. The quantitative estimate of drug-likeness (QED) is 0.537. The summed E-state index contributed by atoms with van der Waals surface area (Å²) in [5.74, 6) is 0. The fourth-order valence-electron chi connectivity index (χ4n) is 0.945. The van der Waals surface area contributed by atoms with Crippen LogP contribution in [-0.2, 0) is 6.42 Å². The van der Waals surface area contributed by atoms with E-state index in [9.17, 15) is 0 Å². The smallest absolute Gasteiger partial charge is 0.0625 e. The van der Waals surface area contributed by atoms with Gasteiger partial charge in [0.25, 0.3) is 0 Å². The van der Waals surface area contributed by atoms with Gasteiger partial charge in [-0.25, -0.2) is 0 Å². The van der Waals surface area contributed by atoms with Gasteiger partial charge in [0.05, 0.1) is 6.07 Å². The first-order chi connectivity index (χ1) is 5.74. The van der Waals surface area contributed by atoms with Crippen molar-refractivity contribution in [3.8, 4) is 6.07 Å². The molecule has 0 aliphatic heterocycles. The highest BCUT2D eigenvalue weighted by Gasteiger charge is 1.96. The van der Waals surface area contributed by atoms with Crippen molar-refractivity contribution < 1.29 is 0 Å². The van der Waals surface area contributed by atoms with E-state index in [2.05, 4.69) is 18.7 Å². The van der Waals surface area contributed by atoms with Crippen molar-refractivity contribution in [3.05, 3.63) is 23.8 Å². The molecule has 0 fully saturated rings. The Hall–Kier alpha value is -1.14. The Morgan fingerprint density at radius 3 is 2.83 bits per heavy atom. The van der Waals surface area contributed by atoms with Crippen LogP contribution in [0.4, 0.5) is 5.69 Å². The number of nitriles is 1. The van der Waals surface area contributed by atoms with E-state index in [1.54, 1.807) is 0 Å². The maximum Gasteiger partial charge on any atom is 0.0625 e. The zero-order valence-electron chi connectivity index (χ0n) is 6.62. The molecule has 2 N–H and O–H groups in total. The van der Waals surface area contributed by atoms with Gasteiger partial charge in [-0.3, -0.25) is 0 Å². The van der Waals surface area contributed by atoms with Gasteiger partial charge in [0.2, 0.25) is 0 Å². The molecule has 0 saturated carbocycles. The van der Waals surface area contributed by atoms with Gasteiger partial charge in [0, 0.05) is 17.0 Å². The predicted octanol–water partition coefficient (Wildman–Crippen LogP) is 2.01. The van der Waals surface area contributed by atoms with Crippen LogP contribution < -0.4 is 5.73 Å². The highest BCUT2D eigenvalue weighted by atomic mass is 32.1. The first-order valence-electron chi connectivity index (χ1n) is 3.68. The lowest BCUT2D eigenvalue weighted by Crippen LogP contribution is -1.89. The molecule has 12 heavy (non-hydrogen) atoms. The molecule has 0 spiro atoms. The fraction of sp³-hybridized carbons (Fsp3) is 0.222. The zero-order valence-corrected chi connectivity index (χ0v) is 7.51. The van der Waals surface area contributed by atoms with Crippen molar-refractivity contribution in [1.82, 2.24) is 0 Å². The standard InChI is InChI=1S/C9H10N2S/c10-5-1-2-7-3-4-8(11)9(12)6-7/h3-4,6,12H,1-2,11H2. The predicted molar refractivity (Wildman–Crippen MR) is 52.0 cm³/mol. The van der Waals surface area contributed by atoms with Crippen LogP contribution in [-0.4, -0.2) is 0 Å². The highest BCUT2D eigenvalue weighted by molar-refractivity contribution is 7.80. The summed E-state index contributed by atoms with van der Waals surface area (Å²) >= 11 is 4.18. The number of nitrogen functional groups attached to an aromatic ring is 1. The van der Waals surface area contributed by atoms with Gasteiger partial charge in [-0.1, -0.05) is 6.07 Å². The Kier molecular flexibility index (Phi) is 3.01. The molecular formula is C9H10N2S. The average Bonchev–Trinajstić information content (AvgIpc) is 2.07. The minimum Gasteiger partial charge on any atom is -0.398 e. The average molecular weight is 178 g/mol. The fourth-order valence-corrected chi connectivity index (χ4v) is 1.19.